The Kier molecular flexibility index (Phi) is 7.00. The van der Waals surface area contributed by atoms with Crippen LogP contribution in [0.15, 0.2) is 47.6 Å². The number of para-hydroxylation sites is 2. The van der Waals surface area contributed by atoms with E-state index in [9.17, 15) is 4.79 Å². The molecule has 0 aliphatic heterocycles. The molecule has 3 aromatic rings. The summed E-state index contributed by atoms with van der Waals surface area (Å²) in [5, 5.41) is 12.5. The van der Waals surface area contributed by atoms with Crippen molar-refractivity contribution in [1.29, 1.82) is 0 Å². The van der Waals surface area contributed by atoms with Gasteiger partial charge < -0.3 is 19.4 Å². The predicted molar refractivity (Wildman–Crippen MR) is 114 cm³/mol. The van der Waals surface area contributed by atoms with Crippen molar-refractivity contribution >= 4 is 35.0 Å². The molecule has 1 N–H and O–H groups in total. The zero-order valence-electron chi connectivity index (χ0n) is 16.3. The van der Waals surface area contributed by atoms with Gasteiger partial charge in [-0.3, -0.25) is 4.79 Å². The maximum absolute atomic E-state index is 12.3. The number of aromatic nitrogens is 3. The number of benzene rings is 2. The summed E-state index contributed by atoms with van der Waals surface area (Å²) in [6.45, 7) is 2.18. The van der Waals surface area contributed by atoms with E-state index in [1.165, 1.54) is 11.8 Å². The minimum absolute atomic E-state index is 0.156. The molecule has 0 saturated carbocycles. The van der Waals surface area contributed by atoms with Gasteiger partial charge in [-0.1, -0.05) is 35.5 Å². The maximum Gasteiger partial charge on any atom is 0.234 e. The van der Waals surface area contributed by atoms with E-state index in [2.05, 4.69) is 15.5 Å². The van der Waals surface area contributed by atoms with Crippen molar-refractivity contribution in [3.8, 4) is 11.5 Å². The summed E-state index contributed by atoms with van der Waals surface area (Å²) in [5.41, 5.74) is 1.57. The Hall–Kier alpha value is -2.71. The summed E-state index contributed by atoms with van der Waals surface area (Å²) in [4.78, 5) is 12.3. The molecule has 0 unspecified atom stereocenters. The summed E-state index contributed by atoms with van der Waals surface area (Å²) in [5.74, 6) is 2.02. The Balaban J connectivity index is 1.55. The minimum Gasteiger partial charge on any atom is -0.495 e. The topological polar surface area (TPSA) is 78.3 Å². The second-order valence-corrected chi connectivity index (χ2v) is 7.54. The Labute approximate surface area is 178 Å². The lowest BCUT2D eigenvalue weighted by Gasteiger charge is -2.10. The maximum atomic E-state index is 12.3. The van der Waals surface area contributed by atoms with Crippen LogP contribution in [0.2, 0.25) is 5.02 Å². The van der Waals surface area contributed by atoms with E-state index in [4.69, 9.17) is 21.1 Å². The number of aryl methyl sites for hydroxylation is 1. The quantitative estimate of drug-likeness (QED) is 0.540. The van der Waals surface area contributed by atoms with Crippen LogP contribution >= 0.6 is 23.4 Å². The number of methoxy groups -OCH3 is 1. The lowest BCUT2D eigenvalue weighted by Crippen LogP contribution is -2.15. The normalized spacial score (nSPS) is 10.6. The molecule has 0 aliphatic rings. The zero-order chi connectivity index (χ0) is 20.8. The van der Waals surface area contributed by atoms with Crippen LogP contribution in [0, 0.1) is 6.92 Å². The van der Waals surface area contributed by atoms with E-state index in [-0.39, 0.29) is 18.3 Å². The fourth-order valence-corrected chi connectivity index (χ4v) is 3.36. The second kappa shape index (κ2) is 9.67. The van der Waals surface area contributed by atoms with Crippen LogP contribution in [0.4, 0.5) is 5.69 Å². The third kappa shape index (κ3) is 5.42. The average molecular weight is 433 g/mol. The number of ether oxygens (including phenoxy) is 2. The molecule has 1 aromatic heterocycles. The van der Waals surface area contributed by atoms with E-state index >= 15 is 0 Å². The van der Waals surface area contributed by atoms with Gasteiger partial charge in [0.15, 0.2) is 11.0 Å². The second-order valence-electron chi connectivity index (χ2n) is 6.19. The van der Waals surface area contributed by atoms with E-state index in [0.717, 1.165) is 5.56 Å². The minimum atomic E-state index is -0.156. The lowest BCUT2D eigenvalue weighted by atomic mass is 10.2. The number of nitrogens with one attached hydrogen (secondary N) is 1. The van der Waals surface area contributed by atoms with Gasteiger partial charge in [-0.2, -0.15) is 0 Å². The van der Waals surface area contributed by atoms with E-state index in [1.807, 2.05) is 42.8 Å². The van der Waals surface area contributed by atoms with Gasteiger partial charge in [-0.05, 0) is 42.8 Å². The number of thioether (sulfide) groups is 1. The van der Waals surface area contributed by atoms with E-state index in [0.29, 0.717) is 33.2 Å². The van der Waals surface area contributed by atoms with Gasteiger partial charge in [0.05, 0.1) is 18.6 Å². The first-order valence-corrected chi connectivity index (χ1v) is 10.2. The van der Waals surface area contributed by atoms with Crippen LogP contribution in [-0.4, -0.2) is 33.5 Å². The van der Waals surface area contributed by atoms with Crippen LogP contribution in [-0.2, 0) is 18.4 Å². The lowest BCUT2D eigenvalue weighted by molar-refractivity contribution is -0.113. The molecule has 152 valence electrons. The molecule has 3 rings (SSSR count). The molecular weight excluding hydrogens is 412 g/mol. The number of halogens is 1. The highest BCUT2D eigenvalue weighted by Gasteiger charge is 2.13. The Morgan fingerprint density at radius 1 is 1.24 bits per heavy atom. The fraction of sp³-hybridized carbons (Fsp3) is 0.250. The van der Waals surface area contributed by atoms with Crippen molar-refractivity contribution in [1.82, 2.24) is 14.8 Å². The standard InChI is InChI=1S/C20H21ClN4O3S/c1-13-10-14(8-9-15(13)21)28-11-18-23-24-20(25(18)2)29-12-19(26)22-16-6-4-5-7-17(16)27-3/h4-10H,11-12H2,1-3H3,(H,22,26). The highest BCUT2D eigenvalue weighted by molar-refractivity contribution is 7.99. The van der Waals surface area contributed by atoms with Crippen molar-refractivity contribution < 1.29 is 14.3 Å². The van der Waals surface area contributed by atoms with Gasteiger partial charge in [0.2, 0.25) is 5.91 Å². The molecule has 1 amide bonds. The van der Waals surface area contributed by atoms with Crippen LogP contribution in [0.25, 0.3) is 0 Å². The summed E-state index contributed by atoms with van der Waals surface area (Å²) < 4.78 is 12.8. The SMILES string of the molecule is COc1ccccc1NC(=O)CSc1nnc(COc2ccc(Cl)c(C)c2)n1C. The van der Waals surface area contributed by atoms with Gasteiger partial charge in [0.25, 0.3) is 0 Å². The van der Waals surface area contributed by atoms with Gasteiger partial charge in [0, 0.05) is 12.1 Å². The Morgan fingerprint density at radius 2 is 2.03 bits per heavy atom. The van der Waals surface area contributed by atoms with Crippen molar-refractivity contribution in [2.45, 2.75) is 18.7 Å². The fourth-order valence-electron chi connectivity index (χ4n) is 2.52. The average Bonchev–Trinajstić information content (AvgIpc) is 3.07. The van der Waals surface area contributed by atoms with Crippen LogP contribution in [0.5, 0.6) is 11.5 Å². The van der Waals surface area contributed by atoms with Crippen molar-refractivity contribution in [2.75, 3.05) is 18.2 Å². The molecule has 2 aromatic carbocycles. The van der Waals surface area contributed by atoms with E-state index < -0.39 is 0 Å². The van der Waals surface area contributed by atoms with Crippen molar-refractivity contribution in [3.05, 3.63) is 58.9 Å². The monoisotopic (exact) mass is 432 g/mol. The molecule has 0 fully saturated rings. The number of anilines is 1. The molecule has 0 saturated heterocycles. The first-order valence-electron chi connectivity index (χ1n) is 8.81. The molecule has 0 atom stereocenters. The third-order valence-electron chi connectivity index (χ3n) is 4.14. The van der Waals surface area contributed by atoms with E-state index in [1.54, 1.807) is 25.3 Å². The van der Waals surface area contributed by atoms with Crippen LogP contribution in [0.3, 0.4) is 0 Å². The number of nitrogens with zero attached hydrogens (tertiary/aromatic N) is 3. The smallest absolute Gasteiger partial charge is 0.234 e. The number of amides is 1. The summed E-state index contributed by atoms with van der Waals surface area (Å²) >= 11 is 7.33. The molecular formula is C20H21ClN4O3S. The van der Waals surface area contributed by atoms with Gasteiger partial charge in [0.1, 0.15) is 18.1 Å². The summed E-state index contributed by atoms with van der Waals surface area (Å²) in [6.07, 6.45) is 0. The predicted octanol–water partition coefficient (Wildman–Crippen LogP) is 4.10. The molecule has 0 radical (unpaired) electrons. The van der Waals surface area contributed by atoms with Crippen molar-refractivity contribution in [3.63, 3.8) is 0 Å². The molecule has 0 spiro atoms. The molecule has 29 heavy (non-hydrogen) atoms. The molecule has 9 heteroatoms. The Bertz CT molecular complexity index is 1010. The number of hydrogen-bond acceptors (Lipinski definition) is 6. The molecule has 0 aliphatic carbocycles. The number of rotatable bonds is 8. The molecule has 0 bridgehead atoms. The van der Waals surface area contributed by atoms with Crippen LogP contribution in [0.1, 0.15) is 11.4 Å². The number of hydrogen-bond donors (Lipinski definition) is 1. The highest BCUT2D eigenvalue weighted by atomic mass is 35.5. The number of carbonyl (C=O) groups is 1. The van der Waals surface area contributed by atoms with Gasteiger partial charge in [-0.15, -0.1) is 10.2 Å². The molecule has 7 nitrogen and oxygen atoms in total. The largest absolute Gasteiger partial charge is 0.495 e. The highest BCUT2D eigenvalue weighted by Crippen LogP contribution is 2.24. The summed E-state index contributed by atoms with van der Waals surface area (Å²) in [6, 6.07) is 12.7. The van der Waals surface area contributed by atoms with Gasteiger partial charge in [-0.25, -0.2) is 0 Å². The first-order chi connectivity index (χ1) is 14.0. The molecule has 1 heterocycles. The Morgan fingerprint density at radius 3 is 2.79 bits per heavy atom. The summed E-state index contributed by atoms with van der Waals surface area (Å²) in [7, 11) is 3.40. The van der Waals surface area contributed by atoms with Crippen molar-refractivity contribution in [2.24, 2.45) is 7.05 Å². The zero-order valence-corrected chi connectivity index (χ0v) is 17.9. The third-order valence-corrected chi connectivity index (χ3v) is 5.58. The van der Waals surface area contributed by atoms with Crippen LogP contribution < -0.4 is 14.8 Å². The number of carbonyl (C=O) groups excluding carboxylic acids is 1. The van der Waals surface area contributed by atoms with Gasteiger partial charge >= 0.3 is 0 Å². The first kappa shape index (κ1) is 21.0.